The van der Waals surface area contributed by atoms with E-state index in [0.29, 0.717) is 37.6 Å². The van der Waals surface area contributed by atoms with Crippen LogP contribution in [0.1, 0.15) is 35.2 Å². The second-order valence-corrected chi connectivity index (χ2v) is 9.08. The predicted molar refractivity (Wildman–Crippen MR) is 136 cm³/mol. The molecule has 0 bridgehead atoms. The Bertz CT molecular complexity index is 1180. The monoisotopic (exact) mass is 476 g/mol. The number of likely N-dealkylation sites (tertiary alicyclic amines) is 1. The summed E-state index contributed by atoms with van der Waals surface area (Å²) >= 11 is 6.58. The highest BCUT2D eigenvalue weighted by atomic mass is 35.5. The zero-order valence-corrected chi connectivity index (χ0v) is 20.3. The molecule has 34 heavy (non-hydrogen) atoms. The van der Waals surface area contributed by atoms with E-state index in [0.717, 1.165) is 22.5 Å². The molecule has 0 aliphatic carbocycles. The second-order valence-electron chi connectivity index (χ2n) is 8.72. The summed E-state index contributed by atoms with van der Waals surface area (Å²) in [6.45, 7) is 5.61. The average molecular weight is 477 g/mol. The topological polar surface area (TPSA) is 67.2 Å². The van der Waals surface area contributed by atoms with Crippen molar-refractivity contribution in [2.75, 3.05) is 18.4 Å². The molecule has 6 nitrogen and oxygen atoms in total. The molecule has 2 amide bonds. The standard InChI is InChI=1S/C27H29ClN4O2/c1-19-8-10-21(11-9-19)18-32-26(28)24(20(2)30-32)12-13-25(33)31-16-14-22(15-17-31)27(34)29-23-6-4-3-5-7-23/h3-13,22H,14-18H2,1-2H3,(H,29,34)/b13-12+. The molecule has 2 aromatic carbocycles. The van der Waals surface area contributed by atoms with Crippen molar-refractivity contribution in [2.45, 2.75) is 33.2 Å². The number of nitrogens with one attached hydrogen (secondary N) is 1. The average Bonchev–Trinajstić information content (AvgIpc) is 3.11. The number of benzene rings is 2. The fourth-order valence-electron chi connectivity index (χ4n) is 4.12. The van der Waals surface area contributed by atoms with E-state index in [9.17, 15) is 9.59 Å². The lowest BCUT2D eigenvalue weighted by atomic mass is 9.95. The first-order valence-electron chi connectivity index (χ1n) is 11.5. The molecular weight excluding hydrogens is 448 g/mol. The molecular formula is C27H29ClN4O2. The zero-order valence-electron chi connectivity index (χ0n) is 19.5. The first-order valence-corrected chi connectivity index (χ1v) is 11.9. The van der Waals surface area contributed by atoms with Gasteiger partial charge >= 0.3 is 0 Å². The van der Waals surface area contributed by atoms with E-state index < -0.39 is 0 Å². The summed E-state index contributed by atoms with van der Waals surface area (Å²) < 4.78 is 1.75. The molecule has 1 fully saturated rings. The number of hydrogen-bond donors (Lipinski definition) is 1. The molecule has 2 heterocycles. The van der Waals surface area contributed by atoms with E-state index in [1.807, 2.05) is 37.3 Å². The molecule has 7 heteroatoms. The number of amides is 2. The third kappa shape index (κ3) is 5.75. The molecule has 176 valence electrons. The van der Waals surface area contributed by atoms with Crippen LogP contribution >= 0.6 is 11.6 Å². The first-order chi connectivity index (χ1) is 16.4. The number of aromatic nitrogens is 2. The van der Waals surface area contributed by atoms with Gasteiger partial charge < -0.3 is 10.2 Å². The Hall–Kier alpha value is -3.38. The molecule has 0 unspecified atom stereocenters. The number of para-hydroxylation sites is 1. The minimum atomic E-state index is -0.0927. The quantitative estimate of drug-likeness (QED) is 0.504. The maximum absolute atomic E-state index is 12.8. The van der Waals surface area contributed by atoms with Gasteiger partial charge in [-0.2, -0.15) is 5.10 Å². The lowest BCUT2D eigenvalue weighted by Gasteiger charge is -2.30. The highest BCUT2D eigenvalue weighted by Crippen LogP contribution is 2.24. The summed E-state index contributed by atoms with van der Waals surface area (Å²) in [6.07, 6.45) is 4.59. The predicted octanol–water partition coefficient (Wildman–Crippen LogP) is 5.09. The van der Waals surface area contributed by atoms with Crippen molar-refractivity contribution in [1.29, 1.82) is 0 Å². The molecule has 0 atom stereocenters. The zero-order chi connectivity index (χ0) is 24.1. The molecule has 4 rings (SSSR count). The van der Waals surface area contributed by atoms with Gasteiger partial charge in [-0.15, -0.1) is 0 Å². The molecule has 1 aliphatic heterocycles. The number of carbonyl (C=O) groups is 2. The Morgan fingerprint density at radius 3 is 2.41 bits per heavy atom. The van der Waals surface area contributed by atoms with E-state index in [2.05, 4.69) is 41.6 Å². The largest absolute Gasteiger partial charge is 0.339 e. The molecule has 3 aromatic rings. The smallest absolute Gasteiger partial charge is 0.246 e. The highest BCUT2D eigenvalue weighted by Gasteiger charge is 2.26. The van der Waals surface area contributed by atoms with Crippen LogP contribution in [0.4, 0.5) is 5.69 Å². The van der Waals surface area contributed by atoms with Gasteiger partial charge in [0.05, 0.1) is 12.2 Å². The first kappa shape index (κ1) is 23.8. The number of halogens is 1. The summed E-state index contributed by atoms with van der Waals surface area (Å²) in [6, 6.07) is 17.7. The van der Waals surface area contributed by atoms with E-state index in [4.69, 9.17) is 11.6 Å². The highest BCUT2D eigenvalue weighted by molar-refractivity contribution is 6.31. The molecule has 0 spiro atoms. The Kier molecular flexibility index (Phi) is 7.48. The van der Waals surface area contributed by atoms with Gasteiger partial charge in [-0.25, -0.2) is 4.68 Å². The lowest BCUT2D eigenvalue weighted by molar-refractivity contribution is -0.130. The van der Waals surface area contributed by atoms with Crippen LogP contribution in [0.3, 0.4) is 0 Å². The summed E-state index contributed by atoms with van der Waals surface area (Å²) in [7, 11) is 0. The number of anilines is 1. The van der Waals surface area contributed by atoms with Gasteiger partial charge in [-0.1, -0.05) is 59.6 Å². The molecule has 1 N–H and O–H groups in total. The van der Waals surface area contributed by atoms with Crippen molar-refractivity contribution in [2.24, 2.45) is 5.92 Å². The van der Waals surface area contributed by atoms with Crippen molar-refractivity contribution < 1.29 is 9.59 Å². The lowest BCUT2D eigenvalue weighted by Crippen LogP contribution is -2.40. The number of aryl methyl sites for hydroxylation is 2. The van der Waals surface area contributed by atoms with Crippen LogP contribution in [0, 0.1) is 19.8 Å². The second kappa shape index (κ2) is 10.7. The van der Waals surface area contributed by atoms with Crippen molar-refractivity contribution >= 4 is 35.2 Å². The Morgan fingerprint density at radius 2 is 1.74 bits per heavy atom. The van der Waals surface area contributed by atoms with E-state index >= 15 is 0 Å². The fraction of sp³-hybridized carbons (Fsp3) is 0.296. The van der Waals surface area contributed by atoms with E-state index in [1.54, 1.807) is 21.7 Å². The number of piperidine rings is 1. The van der Waals surface area contributed by atoms with Gasteiger partial charge in [-0.05, 0) is 50.5 Å². The minimum Gasteiger partial charge on any atom is -0.339 e. The molecule has 1 saturated heterocycles. The molecule has 0 radical (unpaired) electrons. The Morgan fingerprint density at radius 1 is 1.06 bits per heavy atom. The summed E-state index contributed by atoms with van der Waals surface area (Å²) in [4.78, 5) is 27.1. The van der Waals surface area contributed by atoms with Gasteiger partial charge in [0.2, 0.25) is 11.8 Å². The summed E-state index contributed by atoms with van der Waals surface area (Å²) in [5.41, 5.74) is 4.64. The van der Waals surface area contributed by atoms with Crippen LogP contribution in [0.2, 0.25) is 5.15 Å². The minimum absolute atomic E-state index is 0.0113. The number of hydrogen-bond acceptors (Lipinski definition) is 3. The number of rotatable bonds is 6. The van der Waals surface area contributed by atoms with Crippen LogP contribution in [0.25, 0.3) is 6.08 Å². The SMILES string of the molecule is Cc1ccc(Cn2nc(C)c(/C=C/C(=O)N3CCC(C(=O)Nc4ccccc4)CC3)c2Cl)cc1. The van der Waals surface area contributed by atoms with Crippen molar-refractivity contribution in [3.63, 3.8) is 0 Å². The van der Waals surface area contributed by atoms with Gasteiger partial charge in [-0.3, -0.25) is 9.59 Å². The van der Waals surface area contributed by atoms with Crippen LogP contribution in [0.15, 0.2) is 60.7 Å². The summed E-state index contributed by atoms with van der Waals surface area (Å²) in [5, 5.41) is 8.02. The van der Waals surface area contributed by atoms with Crippen LogP contribution in [-0.2, 0) is 16.1 Å². The summed E-state index contributed by atoms with van der Waals surface area (Å²) in [5.74, 6) is -0.161. The molecule has 0 saturated carbocycles. The van der Waals surface area contributed by atoms with Crippen LogP contribution in [0.5, 0.6) is 0 Å². The van der Waals surface area contributed by atoms with Gasteiger partial charge in [0.1, 0.15) is 5.15 Å². The fourth-order valence-corrected chi connectivity index (χ4v) is 4.41. The Labute approximate surface area is 205 Å². The van der Waals surface area contributed by atoms with Crippen molar-refractivity contribution in [3.05, 3.63) is 88.2 Å². The van der Waals surface area contributed by atoms with Gasteiger partial charge in [0, 0.05) is 36.3 Å². The van der Waals surface area contributed by atoms with Crippen molar-refractivity contribution in [1.82, 2.24) is 14.7 Å². The maximum atomic E-state index is 12.8. The van der Waals surface area contributed by atoms with Crippen LogP contribution in [-0.4, -0.2) is 39.6 Å². The van der Waals surface area contributed by atoms with Gasteiger partial charge in [0.25, 0.3) is 0 Å². The maximum Gasteiger partial charge on any atom is 0.246 e. The molecule has 1 aliphatic rings. The number of nitrogens with zero attached hydrogens (tertiary/aromatic N) is 3. The normalized spacial score (nSPS) is 14.5. The molecule has 1 aromatic heterocycles. The van der Waals surface area contributed by atoms with Crippen LogP contribution < -0.4 is 5.32 Å². The van der Waals surface area contributed by atoms with E-state index in [-0.39, 0.29) is 17.7 Å². The Balaban J connectivity index is 1.33. The third-order valence-corrected chi connectivity index (χ3v) is 6.57. The van der Waals surface area contributed by atoms with Gasteiger partial charge in [0.15, 0.2) is 0 Å². The van der Waals surface area contributed by atoms with Crippen molar-refractivity contribution in [3.8, 4) is 0 Å². The third-order valence-electron chi connectivity index (χ3n) is 6.17. The van der Waals surface area contributed by atoms with E-state index in [1.165, 1.54) is 5.56 Å². The number of carbonyl (C=O) groups excluding carboxylic acids is 2.